The van der Waals surface area contributed by atoms with Crippen LogP contribution in [0.25, 0.3) is 0 Å². The van der Waals surface area contributed by atoms with Crippen molar-refractivity contribution in [2.45, 2.75) is 47.5 Å². The van der Waals surface area contributed by atoms with Gasteiger partial charge in [0.2, 0.25) is 11.5 Å². The second-order valence-corrected chi connectivity index (χ2v) is 5.33. The second-order valence-electron chi connectivity index (χ2n) is 5.33. The molecule has 0 N–H and O–H groups in total. The molecule has 1 aromatic rings. The van der Waals surface area contributed by atoms with Gasteiger partial charge < -0.3 is 18.9 Å². The van der Waals surface area contributed by atoms with Crippen LogP contribution in [0.4, 0.5) is 0 Å². The summed E-state index contributed by atoms with van der Waals surface area (Å²) in [5, 5.41) is 0. The topological polar surface area (TPSA) is 54.0 Å². The normalized spacial score (nSPS) is 11.0. The van der Waals surface area contributed by atoms with Crippen molar-refractivity contribution in [3.05, 3.63) is 23.8 Å². The van der Waals surface area contributed by atoms with E-state index in [4.69, 9.17) is 18.9 Å². The molecule has 0 atom stereocenters. The van der Waals surface area contributed by atoms with Crippen LogP contribution in [-0.4, -0.2) is 25.8 Å². The highest BCUT2D eigenvalue weighted by Crippen LogP contribution is 2.49. The zero-order valence-electron chi connectivity index (χ0n) is 15.5. The molecule has 0 heterocycles. The molecule has 0 fully saturated rings. The van der Waals surface area contributed by atoms with Gasteiger partial charge in [-0.05, 0) is 39.7 Å². The van der Waals surface area contributed by atoms with Crippen molar-refractivity contribution in [2.75, 3.05) is 19.8 Å². The molecule has 134 valence electrons. The van der Waals surface area contributed by atoms with Gasteiger partial charge in [-0.3, -0.25) is 0 Å². The molecule has 0 aliphatic rings. The standard InChI is InChI=1S/C19H28O5/c1-7-11-16(20)24-18-15(21-8-2)12-14(13(5)6)17(22-9-3)19(18)23-10-4/h7,11-13H,8-10H2,1-6H3. The lowest BCUT2D eigenvalue weighted by Crippen LogP contribution is -2.11. The second kappa shape index (κ2) is 9.85. The summed E-state index contributed by atoms with van der Waals surface area (Å²) in [5.41, 5.74) is 0.953. The number of hydrogen-bond donors (Lipinski definition) is 0. The third-order valence-electron chi connectivity index (χ3n) is 3.19. The molecule has 0 amide bonds. The Bertz CT molecular complexity index is 576. The first-order valence-corrected chi connectivity index (χ1v) is 8.43. The van der Waals surface area contributed by atoms with Gasteiger partial charge in [0.25, 0.3) is 0 Å². The average molecular weight is 336 g/mol. The monoisotopic (exact) mass is 336 g/mol. The van der Waals surface area contributed by atoms with Crippen molar-refractivity contribution in [1.29, 1.82) is 0 Å². The van der Waals surface area contributed by atoms with Crippen molar-refractivity contribution in [3.8, 4) is 23.0 Å². The van der Waals surface area contributed by atoms with E-state index >= 15 is 0 Å². The molecule has 0 aliphatic heterocycles. The zero-order valence-corrected chi connectivity index (χ0v) is 15.5. The van der Waals surface area contributed by atoms with Crippen molar-refractivity contribution in [3.63, 3.8) is 0 Å². The predicted octanol–water partition coefficient (Wildman–Crippen LogP) is 4.49. The van der Waals surface area contributed by atoms with Gasteiger partial charge in [-0.2, -0.15) is 0 Å². The predicted molar refractivity (Wildman–Crippen MR) is 94.5 cm³/mol. The first-order valence-electron chi connectivity index (χ1n) is 8.43. The number of benzene rings is 1. The number of carbonyl (C=O) groups is 1. The van der Waals surface area contributed by atoms with E-state index in [2.05, 4.69) is 13.8 Å². The van der Waals surface area contributed by atoms with Crippen LogP contribution in [0.15, 0.2) is 18.2 Å². The SMILES string of the molecule is CC=CC(=O)Oc1c(OCC)cc(C(C)C)c(OCC)c1OCC. The molecule has 5 heteroatoms. The van der Waals surface area contributed by atoms with Crippen LogP contribution in [0, 0.1) is 0 Å². The Hall–Kier alpha value is -2.17. The maximum Gasteiger partial charge on any atom is 0.336 e. The largest absolute Gasteiger partial charge is 0.490 e. The highest BCUT2D eigenvalue weighted by molar-refractivity contribution is 5.85. The summed E-state index contributed by atoms with van der Waals surface area (Å²) < 4.78 is 22.8. The number of allylic oxidation sites excluding steroid dienone is 1. The minimum Gasteiger partial charge on any atom is -0.490 e. The molecule has 1 aromatic carbocycles. The smallest absolute Gasteiger partial charge is 0.336 e. The summed E-state index contributed by atoms with van der Waals surface area (Å²) in [5.74, 6) is 1.46. The lowest BCUT2D eigenvalue weighted by Gasteiger charge is -2.22. The summed E-state index contributed by atoms with van der Waals surface area (Å²) >= 11 is 0. The van der Waals surface area contributed by atoms with Crippen LogP contribution >= 0.6 is 0 Å². The highest BCUT2D eigenvalue weighted by atomic mass is 16.6. The number of hydrogen-bond acceptors (Lipinski definition) is 5. The summed E-state index contributed by atoms with van der Waals surface area (Å²) in [7, 11) is 0. The third-order valence-corrected chi connectivity index (χ3v) is 3.19. The van der Waals surface area contributed by atoms with Gasteiger partial charge in [0, 0.05) is 11.6 Å². The quantitative estimate of drug-likeness (QED) is 0.378. The number of carbonyl (C=O) groups excluding carboxylic acids is 1. The van der Waals surface area contributed by atoms with Crippen LogP contribution in [0.3, 0.4) is 0 Å². The third kappa shape index (κ3) is 4.91. The van der Waals surface area contributed by atoms with Crippen molar-refractivity contribution in [2.24, 2.45) is 0 Å². The van der Waals surface area contributed by atoms with E-state index in [1.165, 1.54) is 6.08 Å². The summed E-state index contributed by atoms with van der Waals surface area (Å²) in [6.45, 7) is 12.9. The van der Waals surface area contributed by atoms with Crippen LogP contribution in [-0.2, 0) is 4.79 Å². The summed E-state index contributed by atoms with van der Waals surface area (Å²) in [4.78, 5) is 12.0. The Morgan fingerprint density at radius 2 is 1.58 bits per heavy atom. The first-order chi connectivity index (χ1) is 11.5. The van der Waals surface area contributed by atoms with Crippen LogP contribution < -0.4 is 18.9 Å². The zero-order chi connectivity index (χ0) is 18.1. The summed E-state index contributed by atoms with van der Waals surface area (Å²) in [6, 6.07) is 1.86. The average Bonchev–Trinajstić information content (AvgIpc) is 2.52. The first kappa shape index (κ1) is 19.9. The fourth-order valence-electron chi connectivity index (χ4n) is 2.25. The van der Waals surface area contributed by atoms with Crippen molar-refractivity contribution in [1.82, 2.24) is 0 Å². The van der Waals surface area contributed by atoms with E-state index in [1.54, 1.807) is 13.0 Å². The molecule has 0 aliphatic carbocycles. The van der Waals surface area contributed by atoms with Crippen molar-refractivity contribution < 1.29 is 23.7 Å². The van der Waals surface area contributed by atoms with Gasteiger partial charge >= 0.3 is 5.97 Å². The van der Waals surface area contributed by atoms with Crippen LogP contribution in [0.5, 0.6) is 23.0 Å². The number of esters is 1. The highest BCUT2D eigenvalue weighted by Gasteiger charge is 2.25. The molecule has 0 spiro atoms. The van der Waals surface area contributed by atoms with E-state index in [1.807, 2.05) is 26.8 Å². The van der Waals surface area contributed by atoms with E-state index in [0.29, 0.717) is 37.1 Å². The fraction of sp³-hybridized carbons (Fsp3) is 0.526. The molecular formula is C19H28O5. The lowest BCUT2D eigenvalue weighted by molar-refractivity contribution is -0.129. The Labute approximate surface area is 144 Å². The molecule has 0 unspecified atom stereocenters. The Morgan fingerprint density at radius 1 is 1.00 bits per heavy atom. The van der Waals surface area contributed by atoms with Gasteiger partial charge in [0.1, 0.15) is 0 Å². The number of rotatable bonds is 9. The van der Waals surface area contributed by atoms with E-state index in [0.717, 1.165) is 5.56 Å². The van der Waals surface area contributed by atoms with E-state index in [9.17, 15) is 4.79 Å². The minimum atomic E-state index is -0.487. The Balaban J connectivity index is 3.59. The molecule has 1 rings (SSSR count). The minimum absolute atomic E-state index is 0.199. The Morgan fingerprint density at radius 3 is 2.08 bits per heavy atom. The van der Waals surface area contributed by atoms with Gasteiger partial charge in [0.05, 0.1) is 19.8 Å². The van der Waals surface area contributed by atoms with Crippen molar-refractivity contribution >= 4 is 5.97 Å². The van der Waals surface area contributed by atoms with E-state index < -0.39 is 5.97 Å². The maximum atomic E-state index is 12.0. The van der Waals surface area contributed by atoms with Gasteiger partial charge in [0.15, 0.2) is 11.5 Å². The molecule has 0 saturated heterocycles. The molecule has 0 bridgehead atoms. The molecule has 24 heavy (non-hydrogen) atoms. The molecule has 0 aromatic heterocycles. The van der Waals surface area contributed by atoms with Crippen LogP contribution in [0.1, 0.15) is 53.0 Å². The Kier molecular flexibility index (Phi) is 8.16. The fourth-order valence-corrected chi connectivity index (χ4v) is 2.25. The molecule has 0 saturated carbocycles. The summed E-state index contributed by atoms with van der Waals surface area (Å²) in [6.07, 6.45) is 2.97. The molecule has 5 nitrogen and oxygen atoms in total. The maximum absolute atomic E-state index is 12.0. The van der Waals surface area contributed by atoms with Gasteiger partial charge in [-0.15, -0.1) is 0 Å². The molecular weight excluding hydrogens is 308 g/mol. The van der Waals surface area contributed by atoms with E-state index in [-0.39, 0.29) is 11.7 Å². The van der Waals surface area contributed by atoms with Gasteiger partial charge in [-0.25, -0.2) is 4.79 Å². The number of ether oxygens (including phenoxy) is 4. The molecule has 0 radical (unpaired) electrons. The van der Waals surface area contributed by atoms with Gasteiger partial charge in [-0.1, -0.05) is 19.9 Å². The lowest BCUT2D eigenvalue weighted by atomic mass is 10.0. The van der Waals surface area contributed by atoms with Crippen LogP contribution in [0.2, 0.25) is 0 Å².